The zero-order chi connectivity index (χ0) is 18.2. The number of Topliss-reactive ketones (excluding diaryl/α,β-unsaturated/α-hetero) is 1. The summed E-state index contributed by atoms with van der Waals surface area (Å²) in [5.74, 6) is 0.0453. The van der Waals surface area contributed by atoms with E-state index < -0.39 is 10.0 Å². The topological polar surface area (TPSA) is 56.1 Å². The SMILES string of the molecule is CC(=O)CCc1c(C)c2ccccc2n1S(=O)(=O)c1ccc(C)cc1. The second kappa shape index (κ2) is 6.48. The Hall–Kier alpha value is -2.40. The first kappa shape index (κ1) is 17.4. The molecule has 25 heavy (non-hydrogen) atoms. The maximum absolute atomic E-state index is 13.3. The van der Waals surface area contributed by atoms with Crippen LogP contribution in [0.1, 0.15) is 30.2 Å². The Labute approximate surface area is 148 Å². The number of fused-ring (bicyclic) bond motifs is 1. The number of ketones is 1. The van der Waals surface area contributed by atoms with E-state index in [0.29, 0.717) is 24.1 Å². The van der Waals surface area contributed by atoms with Crippen LogP contribution in [-0.2, 0) is 21.2 Å². The Balaban J connectivity index is 2.28. The largest absolute Gasteiger partial charge is 0.300 e. The van der Waals surface area contributed by atoms with Crippen molar-refractivity contribution in [1.82, 2.24) is 3.97 Å². The minimum Gasteiger partial charge on any atom is -0.300 e. The number of carbonyl (C=O) groups is 1. The second-order valence-electron chi connectivity index (χ2n) is 6.37. The number of aromatic nitrogens is 1. The van der Waals surface area contributed by atoms with E-state index in [1.54, 1.807) is 24.3 Å². The molecule has 0 saturated carbocycles. The number of carbonyl (C=O) groups excluding carboxylic acids is 1. The molecular weight excluding hydrogens is 334 g/mol. The number of aryl methyl sites for hydroxylation is 2. The van der Waals surface area contributed by atoms with Gasteiger partial charge in [-0.1, -0.05) is 35.9 Å². The highest BCUT2D eigenvalue weighted by atomic mass is 32.2. The van der Waals surface area contributed by atoms with E-state index in [9.17, 15) is 13.2 Å². The fourth-order valence-corrected chi connectivity index (χ4v) is 4.72. The van der Waals surface area contributed by atoms with Gasteiger partial charge in [-0.25, -0.2) is 12.4 Å². The van der Waals surface area contributed by atoms with Crippen LogP contribution < -0.4 is 0 Å². The molecular formula is C20H21NO3S. The molecule has 2 aromatic carbocycles. The van der Waals surface area contributed by atoms with Gasteiger partial charge >= 0.3 is 0 Å². The van der Waals surface area contributed by atoms with Crippen LogP contribution in [0, 0.1) is 13.8 Å². The van der Waals surface area contributed by atoms with E-state index in [1.165, 1.54) is 10.9 Å². The summed E-state index contributed by atoms with van der Waals surface area (Å²) in [6, 6.07) is 14.3. The van der Waals surface area contributed by atoms with Crippen molar-refractivity contribution in [2.45, 2.75) is 38.5 Å². The molecule has 1 heterocycles. The number of nitrogens with zero attached hydrogens (tertiary/aromatic N) is 1. The molecule has 0 atom stereocenters. The summed E-state index contributed by atoms with van der Waals surface area (Å²) in [5.41, 5.74) is 3.24. The maximum atomic E-state index is 13.3. The molecule has 4 nitrogen and oxygen atoms in total. The molecule has 0 radical (unpaired) electrons. The fourth-order valence-electron chi connectivity index (χ4n) is 3.09. The van der Waals surface area contributed by atoms with Crippen LogP contribution in [0.25, 0.3) is 10.9 Å². The average Bonchev–Trinajstić information content (AvgIpc) is 2.86. The Morgan fingerprint density at radius 2 is 1.64 bits per heavy atom. The number of benzene rings is 2. The van der Waals surface area contributed by atoms with Gasteiger partial charge in [0.1, 0.15) is 5.78 Å². The summed E-state index contributed by atoms with van der Waals surface area (Å²) in [5, 5.41) is 0.900. The molecule has 0 N–H and O–H groups in total. The van der Waals surface area contributed by atoms with Crippen LogP contribution in [0.2, 0.25) is 0 Å². The Morgan fingerprint density at radius 3 is 2.28 bits per heavy atom. The number of para-hydroxylation sites is 1. The maximum Gasteiger partial charge on any atom is 0.268 e. The van der Waals surface area contributed by atoms with Crippen LogP contribution in [0.3, 0.4) is 0 Å². The van der Waals surface area contributed by atoms with Crippen molar-refractivity contribution in [3.63, 3.8) is 0 Å². The molecule has 0 spiro atoms. The minimum absolute atomic E-state index is 0.0453. The number of hydrogen-bond donors (Lipinski definition) is 0. The van der Waals surface area contributed by atoms with Gasteiger partial charge in [-0.05, 0) is 51.0 Å². The molecule has 0 amide bonds. The quantitative estimate of drug-likeness (QED) is 0.695. The third-order valence-electron chi connectivity index (χ3n) is 4.48. The lowest BCUT2D eigenvalue weighted by atomic mass is 10.1. The van der Waals surface area contributed by atoms with Crippen LogP contribution in [0.4, 0.5) is 0 Å². The van der Waals surface area contributed by atoms with E-state index >= 15 is 0 Å². The van der Waals surface area contributed by atoms with E-state index in [1.807, 2.05) is 38.1 Å². The van der Waals surface area contributed by atoms with Crippen LogP contribution in [0.15, 0.2) is 53.4 Å². The van der Waals surface area contributed by atoms with Gasteiger partial charge in [0.2, 0.25) is 0 Å². The number of rotatable bonds is 5. The van der Waals surface area contributed by atoms with Gasteiger partial charge in [-0.3, -0.25) is 0 Å². The van der Waals surface area contributed by atoms with Crippen molar-refractivity contribution < 1.29 is 13.2 Å². The van der Waals surface area contributed by atoms with Crippen LogP contribution >= 0.6 is 0 Å². The van der Waals surface area contributed by atoms with Crippen molar-refractivity contribution in [2.24, 2.45) is 0 Å². The predicted molar refractivity (Wildman–Crippen MR) is 99.4 cm³/mol. The lowest BCUT2D eigenvalue weighted by molar-refractivity contribution is -0.117. The van der Waals surface area contributed by atoms with Gasteiger partial charge in [0.15, 0.2) is 0 Å². The highest BCUT2D eigenvalue weighted by molar-refractivity contribution is 7.90. The van der Waals surface area contributed by atoms with E-state index in [4.69, 9.17) is 0 Å². The number of hydrogen-bond acceptors (Lipinski definition) is 3. The van der Waals surface area contributed by atoms with E-state index in [-0.39, 0.29) is 10.7 Å². The normalized spacial score (nSPS) is 11.8. The minimum atomic E-state index is -3.73. The summed E-state index contributed by atoms with van der Waals surface area (Å²) in [4.78, 5) is 11.7. The molecule has 0 aliphatic rings. The van der Waals surface area contributed by atoms with Crippen molar-refractivity contribution in [2.75, 3.05) is 0 Å². The first-order valence-electron chi connectivity index (χ1n) is 8.23. The first-order chi connectivity index (χ1) is 11.8. The second-order valence-corrected chi connectivity index (χ2v) is 8.16. The predicted octanol–water partition coefficient (Wildman–Crippen LogP) is 4.02. The van der Waals surface area contributed by atoms with Crippen molar-refractivity contribution in [1.29, 1.82) is 0 Å². The van der Waals surface area contributed by atoms with Crippen molar-refractivity contribution >= 4 is 26.7 Å². The monoisotopic (exact) mass is 355 g/mol. The molecule has 0 unspecified atom stereocenters. The van der Waals surface area contributed by atoms with Gasteiger partial charge in [0.25, 0.3) is 10.0 Å². The lowest BCUT2D eigenvalue weighted by Crippen LogP contribution is -2.16. The molecule has 3 rings (SSSR count). The van der Waals surface area contributed by atoms with Gasteiger partial charge in [0.05, 0.1) is 10.4 Å². The highest BCUT2D eigenvalue weighted by Gasteiger charge is 2.25. The van der Waals surface area contributed by atoms with Gasteiger partial charge in [-0.2, -0.15) is 0 Å². The van der Waals surface area contributed by atoms with E-state index in [2.05, 4.69) is 0 Å². The molecule has 0 saturated heterocycles. The zero-order valence-corrected chi connectivity index (χ0v) is 15.4. The van der Waals surface area contributed by atoms with Gasteiger partial charge in [-0.15, -0.1) is 0 Å². The summed E-state index contributed by atoms with van der Waals surface area (Å²) in [6.45, 7) is 5.36. The Kier molecular flexibility index (Phi) is 4.52. The van der Waals surface area contributed by atoms with E-state index in [0.717, 1.165) is 16.5 Å². The summed E-state index contributed by atoms with van der Waals surface area (Å²) in [6.07, 6.45) is 0.724. The average molecular weight is 355 g/mol. The Morgan fingerprint density at radius 1 is 1.00 bits per heavy atom. The molecule has 130 valence electrons. The molecule has 0 aliphatic carbocycles. The summed E-state index contributed by atoms with van der Waals surface area (Å²) < 4.78 is 28.0. The summed E-state index contributed by atoms with van der Waals surface area (Å²) in [7, 11) is -3.73. The van der Waals surface area contributed by atoms with Gasteiger partial charge < -0.3 is 4.79 Å². The van der Waals surface area contributed by atoms with Crippen molar-refractivity contribution in [3.8, 4) is 0 Å². The summed E-state index contributed by atoms with van der Waals surface area (Å²) >= 11 is 0. The van der Waals surface area contributed by atoms with Crippen LogP contribution in [-0.4, -0.2) is 18.2 Å². The standard InChI is InChI=1S/C20H21NO3S/c1-14-8-11-17(12-9-14)25(23,24)21-19(13-10-15(2)22)16(3)18-6-4-5-7-20(18)21/h4-9,11-12H,10,13H2,1-3H3. The molecule has 0 aliphatic heterocycles. The van der Waals surface area contributed by atoms with Gasteiger partial charge in [0, 0.05) is 17.5 Å². The smallest absolute Gasteiger partial charge is 0.268 e. The molecule has 0 bridgehead atoms. The highest BCUT2D eigenvalue weighted by Crippen LogP contribution is 2.30. The Bertz CT molecular complexity index is 1040. The molecule has 1 aromatic heterocycles. The van der Waals surface area contributed by atoms with Crippen molar-refractivity contribution in [3.05, 3.63) is 65.4 Å². The third kappa shape index (κ3) is 3.12. The molecule has 0 fully saturated rings. The fraction of sp³-hybridized carbons (Fsp3) is 0.250. The lowest BCUT2D eigenvalue weighted by Gasteiger charge is -2.12. The molecule has 5 heteroatoms. The molecule has 3 aromatic rings. The first-order valence-corrected chi connectivity index (χ1v) is 9.67. The third-order valence-corrected chi connectivity index (χ3v) is 6.24. The van der Waals surface area contributed by atoms with Crippen LogP contribution in [0.5, 0.6) is 0 Å². The zero-order valence-electron chi connectivity index (χ0n) is 14.6.